The second-order valence-electron chi connectivity index (χ2n) is 8.89. The molecule has 0 fully saturated rings. The van der Waals surface area contributed by atoms with Crippen LogP contribution in [0.5, 0.6) is 0 Å². The number of carbonyl (C=O) groups excluding carboxylic acids is 1. The van der Waals surface area contributed by atoms with E-state index in [9.17, 15) is 9.59 Å². The molecule has 32 heavy (non-hydrogen) atoms. The van der Waals surface area contributed by atoms with Gasteiger partial charge in [-0.1, -0.05) is 43.1 Å². The maximum atomic E-state index is 13.3. The average molecular weight is 488 g/mol. The number of ketones is 1. The van der Waals surface area contributed by atoms with E-state index in [0.717, 1.165) is 5.70 Å². The highest BCUT2D eigenvalue weighted by Gasteiger charge is 2.43. The lowest BCUT2D eigenvalue weighted by Crippen LogP contribution is -2.36. The Morgan fingerprint density at radius 1 is 1.09 bits per heavy atom. The zero-order chi connectivity index (χ0) is 22.8. The fraction of sp³-hybridized carbons (Fsp3) is 0.261. The van der Waals surface area contributed by atoms with E-state index < -0.39 is 5.92 Å². The van der Waals surface area contributed by atoms with Gasteiger partial charge in [0, 0.05) is 23.3 Å². The number of benzene rings is 1. The van der Waals surface area contributed by atoms with Gasteiger partial charge in [-0.3, -0.25) is 14.6 Å². The Labute approximate surface area is 198 Å². The van der Waals surface area contributed by atoms with Gasteiger partial charge in [-0.2, -0.15) is 0 Å². The Morgan fingerprint density at radius 2 is 1.88 bits per heavy atom. The van der Waals surface area contributed by atoms with Gasteiger partial charge in [0.25, 0.3) is 5.56 Å². The molecule has 0 spiro atoms. The van der Waals surface area contributed by atoms with Crippen LogP contribution >= 0.6 is 35.4 Å². The van der Waals surface area contributed by atoms with Crippen molar-refractivity contribution >= 4 is 47.0 Å². The van der Waals surface area contributed by atoms with Gasteiger partial charge in [0.15, 0.2) is 10.6 Å². The fourth-order valence-electron chi connectivity index (χ4n) is 4.58. The summed E-state index contributed by atoms with van der Waals surface area (Å²) in [4.78, 5) is 31.9. The predicted molar refractivity (Wildman–Crippen MR) is 127 cm³/mol. The number of rotatable bonds is 2. The molecule has 1 aliphatic heterocycles. The lowest BCUT2D eigenvalue weighted by Gasteiger charge is -2.38. The highest BCUT2D eigenvalue weighted by Crippen LogP contribution is 2.48. The number of nitrogens with one attached hydrogen (secondary N) is 3. The summed E-state index contributed by atoms with van der Waals surface area (Å²) in [5, 5.41) is 4.04. The molecule has 9 heteroatoms. The number of aromatic amines is 2. The molecular weight excluding hydrogens is 469 g/mol. The molecule has 0 amide bonds. The fourth-order valence-corrected chi connectivity index (χ4v) is 5.17. The molecule has 3 N–H and O–H groups in total. The molecule has 2 aliphatic rings. The number of halogens is 2. The van der Waals surface area contributed by atoms with Gasteiger partial charge in [0.2, 0.25) is 0 Å². The molecule has 1 aliphatic carbocycles. The number of aromatic nitrogens is 2. The Hall–Kier alpha value is -2.61. The molecule has 0 radical (unpaired) electrons. The summed E-state index contributed by atoms with van der Waals surface area (Å²) in [5.74, 6) is 0.757. The topological polar surface area (TPSA) is 90.9 Å². The van der Waals surface area contributed by atoms with Crippen molar-refractivity contribution < 1.29 is 9.21 Å². The first kappa shape index (κ1) is 21.2. The Balaban J connectivity index is 1.72. The molecule has 3 heterocycles. The number of fused-ring (bicyclic) bond motifs is 1. The third-order valence-electron chi connectivity index (χ3n) is 5.88. The van der Waals surface area contributed by atoms with Crippen LogP contribution in [0.25, 0.3) is 11.3 Å². The van der Waals surface area contributed by atoms with E-state index in [0.29, 0.717) is 56.9 Å². The third-order valence-corrected chi connectivity index (χ3v) is 6.90. The normalized spacial score (nSPS) is 19.4. The maximum Gasteiger partial charge on any atom is 0.258 e. The molecule has 0 saturated carbocycles. The molecular formula is C23H19Cl2N3O3S. The maximum absolute atomic E-state index is 13.3. The smallest absolute Gasteiger partial charge is 0.258 e. The number of furan rings is 1. The van der Waals surface area contributed by atoms with Crippen LogP contribution in [0.15, 0.2) is 50.8 Å². The first-order valence-corrected chi connectivity index (χ1v) is 11.2. The minimum Gasteiger partial charge on any atom is -0.460 e. The van der Waals surface area contributed by atoms with Crippen molar-refractivity contribution in [3.8, 4) is 11.3 Å². The first-order valence-electron chi connectivity index (χ1n) is 10.1. The number of hydrogen-bond acceptors (Lipinski definition) is 5. The largest absolute Gasteiger partial charge is 0.460 e. The molecule has 0 bridgehead atoms. The van der Waals surface area contributed by atoms with Crippen LogP contribution in [0.2, 0.25) is 10.0 Å². The van der Waals surface area contributed by atoms with Crippen LogP contribution < -0.4 is 10.9 Å². The number of Topliss-reactive ketones (excluding diaryl/α,β-unsaturated/α-hetero) is 1. The zero-order valence-corrected chi connectivity index (χ0v) is 19.6. The van der Waals surface area contributed by atoms with Gasteiger partial charge in [-0.25, -0.2) is 0 Å². The van der Waals surface area contributed by atoms with Crippen molar-refractivity contribution in [2.75, 3.05) is 5.32 Å². The van der Waals surface area contributed by atoms with Gasteiger partial charge >= 0.3 is 0 Å². The second kappa shape index (κ2) is 7.47. The van der Waals surface area contributed by atoms with Crippen molar-refractivity contribution in [1.82, 2.24) is 9.97 Å². The van der Waals surface area contributed by atoms with Gasteiger partial charge in [0.1, 0.15) is 17.3 Å². The summed E-state index contributed by atoms with van der Waals surface area (Å²) in [6.45, 7) is 4.10. The van der Waals surface area contributed by atoms with Crippen molar-refractivity contribution in [1.29, 1.82) is 0 Å². The number of hydrogen-bond donors (Lipinski definition) is 3. The SMILES string of the molecule is CC1(C)CC(=O)C2=C(C1)Nc1[nH]c(=S)[nH]c(=O)c1C2c1ccc(-c2cccc(Cl)c2Cl)o1. The number of allylic oxidation sites excluding steroid dienone is 2. The van der Waals surface area contributed by atoms with Gasteiger partial charge in [0.05, 0.1) is 21.5 Å². The molecule has 1 atom stereocenters. The van der Waals surface area contributed by atoms with Crippen LogP contribution in [-0.2, 0) is 4.79 Å². The quantitative estimate of drug-likeness (QED) is 0.374. The van der Waals surface area contributed by atoms with Crippen molar-refractivity contribution in [2.45, 2.75) is 32.6 Å². The molecule has 0 saturated heterocycles. The third kappa shape index (κ3) is 3.45. The average Bonchev–Trinajstić information content (AvgIpc) is 3.17. The monoisotopic (exact) mass is 487 g/mol. The van der Waals surface area contributed by atoms with E-state index in [2.05, 4.69) is 15.3 Å². The van der Waals surface area contributed by atoms with Crippen molar-refractivity contribution in [2.24, 2.45) is 5.41 Å². The summed E-state index contributed by atoms with van der Waals surface area (Å²) in [6, 6.07) is 8.82. The van der Waals surface area contributed by atoms with Crippen LogP contribution in [0, 0.1) is 10.2 Å². The first-order chi connectivity index (χ1) is 15.1. The van der Waals surface area contributed by atoms with E-state index in [1.54, 1.807) is 30.3 Å². The summed E-state index contributed by atoms with van der Waals surface area (Å²) in [6.07, 6.45) is 1.04. The lowest BCUT2D eigenvalue weighted by atomic mass is 9.70. The molecule has 1 aromatic carbocycles. The molecule has 1 unspecified atom stereocenters. The standard InChI is InChI=1S/C23H19Cl2N3O3S/c1-23(2)8-12-16(13(29)9-23)17(18-20(26-12)27-22(32)28-21(18)30)15-7-6-14(31-15)10-4-3-5-11(24)19(10)25/h3-7,17H,8-9H2,1-2H3,(H3,26,27,28,30,32). The second-order valence-corrected chi connectivity index (χ2v) is 10.1. The zero-order valence-electron chi connectivity index (χ0n) is 17.3. The Bertz CT molecular complexity index is 1430. The van der Waals surface area contributed by atoms with E-state index in [1.807, 2.05) is 13.8 Å². The van der Waals surface area contributed by atoms with Crippen LogP contribution in [0.1, 0.15) is 43.9 Å². The van der Waals surface area contributed by atoms with Crippen LogP contribution in [0.4, 0.5) is 5.82 Å². The van der Waals surface area contributed by atoms with E-state index >= 15 is 0 Å². The van der Waals surface area contributed by atoms with E-state index in [-0.39, 0.29) is 21.5 Å². The lowest BCUT2D eigenvalue weighted by molar-refractivity contribution is -0.118. The van der Waals surface area contributed by atoms with Crippen molar-refractivity contribution in [3.63, 3.8) is 0 Å². The minimum absolute atomic E-state index is 0.0139. The number of carbonyl (C=O) groups is 1. The minimum atomic E-state index is -0.674. The van der Waals surface area contributed by atoms with Crippen LogP contribution in [-0.4, -0.2) is 15.8 Å². The molecule has 6 nitrogen and oxygen atoms in total. The molecule has 2 aromatic heterocycles. The Morgan fingerprint density at radius 3 is 2.66 bits per heavy atom. The van der Waals surface area contributed by atoms with Crippen LogP contribution in [0.3, 0.4) is 0 Å². The van der Waals surface area contributed by atoms with Gasteiger partial charge in [-0.15, -0.1) is 0 Å². The number of anilines is 1. The molecule has 3 aromatic rings. The highest BCUT2D eigenvalue weighted by molar-refractivity contribution is 7.71. The predicted octanol–water partition coefficient (Wildman–Crippen LogP) is 6.20. The summed E-state index contributed by atoms with van der Waals surface area (Å²) in [7, 11) is 0. The van der Waals surface area contributed by atoms with Crippen molar-refractivity contribution in [3.05, 3.63) is 78.1 Å². The van der Waals surface area contributed by atoms with E-state index in [4.69, 9.17) is 39.8 Å². The van der Waals surface area contributed by atoms with E-state index in [1.165, 1.54) is 0 Å². The number of H-pyrrole nitrogens is 2. The Kier molecular flexibility index (Phi) is 4.96. The van der Waals surface area contributed by atoms with Gasteiger partial charge in [-0.05, 0) is 48.3 Å². The molecule has 164 valence electrons. The summed E-state index contributed by atoms with van der Waals surface area (Å²) in [5.41, 5.74) is 1.75. The summed E-state index contributed by atoms with van der Waals surface area (Å²) >= 11 is 17.7. The molecule has 5 rings (SSSR count). The highest BCUT2D eigenvalue weighted by atomic mass is 35.5. The van der Waals surface area contributed by atoms with Gasteiger partial charge < -0.3 is 14.7 Å². The summed E-state index contributed by atoms with van der Waals surface area (Å²) < 4.78 is 6.39.